The van der Waals surface area contributed by atoms with Crippen LogP contribution in [0.25, 0.3) is 0 Å². The van der Waals surface area contributed by atoms with Gasteiger partial charge in [0.2, 0.25) is 0 Å². The maximum absolute atomic E-state index is 12.1. The molecule has 0 aromatic heterocycles. The highest BCUT2D eigenvalue weighted by Gasteiger charge is 2.18. The second kappa shape index (κ2) is 7.14. The second-order valence-corrected chi connectivity index (χ2v) is 4.55. The third-order valence-corrected chi connectivity index (χ3v) is 2.69. The zero-order chi connectivity index (χ0) is 15.1. The molecule has 1 aromatic rings. The molecule has 6 nitrogen and oxygen atoms in total. The van der Waals surface area contributed by atoms with Gasteiger partial charge < -0.3 is 15.3 Å². The number of carboxylic acid groups (broad SMARTS) is 1. The van der Waals surface area contributed by atoms with Crippen LogP contribution in [-0.4, -0.2) is 34.6 Å². The average Bonchev–Trinajstić information content (AvgIpc) is 2.38. The standard InChI is InChI=1S/C14H17N3O3/c1-10(2)17(7-6-13(18)19)14(20)16-12-5-3-4-11(8-12)9-15/h3-5,8,10H,6-7H2,1-2H3,(H,16,20)(H,18,19). The lowest BCUT2D eigenvalue weighted by Gasteiger charge is -2.26. The molecular weight excluding hydrogens is 258 g/mol. The normalized spacial score (nSPS) is 9.90. The van der Waals surface area contributed by atoms with E-state index in [9.17, 15) is 9.59 Å². The second-order valence-electron chi connectivity index (χ2n) is 4.55. The van der Waals surface area contributed by atoms with Crippen LogP contribution >= 0.6 is 0 Å². The molecule has 1 rings (SSSR count). The summed E-state index contributed by atoms with van der Waals surface area (Å²) in [6.07, 6.45) is -0.107. The van der Waals surface area contributed by atoms with Crippen molar-refractivity contribution in [2.75, 3.05) is 11.9 Å². The highest BCUT2D eigenvalue weighted by atomic mass is 16.4. The Kier molecular flexibility index (Phi) is 5.54. The molecule has 0 aliphatic rings. The summed E-state index contributed by atoms with van der Waals surface area (Å²) >= 11 is 0. The van der Waals surface area contributed by atoms with Crippen LogP contribution in [-0.2, 0) is 4.79 Å². The number of amides is 2. The lowest BCUT2D eigenvalue weighted by atomic mass is 10.2. The third-order valence-electron chi connectivity index (χ3n) is 2.69. The summed E-state index contributed by atoms with van der Waals surface area (Å²) in [7, 11) is 0. The molecule has 0 unspecified atom stereocenters. The molecule has 0 heterocycles. The van der Waals surface area contributed by atoms with Gasteiger partial charge in [0, 0.05) is 18.3 Å². The number of rotatable bonds is 5. The van der Waals surface area contributed by atoms with Crippen molar-refractivity contribution in [1.82, 2.24) is 4.90 Å². The first-order valence-corrected chi connectivity index (χ1v) is 6.23. The number of nitrogens with zero attached hydrogens (tertiary/aromatic N) is 2. The third kappa shape index (κ3) is 4.61. The van der Waals surface area contributed by atoms with E-state index in [-0.39, 0.29) is 25.0 Å². The number of urea groups is 1. The highest BCUT2D eigenvalue weighted by Crippen LogP contribution is 2.12. The minimum Gasteiger partial charge on any atom is -0.481 e. The number of carbonyl (C=O) groups is 2. The van der Waals surface area contributed by atoms with Crippen molar-refractivity contribution in [1.29, 1.82) is 5.26 Å². The lowest BCUT2D eigenvalue weighted by Crippen LogP contribution is -2.41. The fourth-order valence-electron chi connectivity index (χ4n) is 1.67. The van der Waals surface area contributed by atoms with Gasteiger partial charge in [-0.3, -0.25) is 4.79 Å². The number of hydrogen-bond acceptors (Lipinski definition) is 3. The zero-order valence-electron chi connectivity index (χ0n) is 11.5. The van der Waals surface area contributed by atoms with Gasteiger partial charge >= 0.3 is 12.0 Å². The molecule has 0 saturated carbocycles. The van der Waals surface area contributed by atoms with Gasteiger partial charge in [-0.1, -0.05) is 6.07 Å². The van der Waals surface area contributed by atoms with Gasteiger partial charge in [-0.2, -0.15) is 5.26 Å². The number of hydrogen-bond donors (Lipinski definition) is 2. The van der Waals surface area contributed by atoms with Crippen LogP contribution in [0.3, 0.4) is 0 Å². The first-order valence-electron chi connectivity index (χ1n) is 6.23. The van der Waals surface area contributed by atoms with E-state index in [0.29, 0.717) is 11.3 Å². The van der Waals surface area contributed by atoms with Crippen molar-refractivity contribution in [2.24, 2.45) is 0 Å². The van der Waals surface area contributed by atoms with Crippen molar-refractivity contribution in [2.45, 2.75) is 26.3 Å². The molecular formula is C14H17N3O3. The Morgan fingerprint density at radius 2 is 2.15 bits per heavy atom. The Morgan fingerprint density at radius 3 is 2.70 bits per heavy atom. The van der Waals surface area contributed by atoms with E-state index in [2.05, 4.69) is 5.32 Å². The molecule has 1 aromatic carbocycles. The maximum Gasteiger partial charge on any atom is 0.322 e. The van der Waals surface area contributed by atoms with Crippen LogP contribution in [0.1, 0.15) is 25.8 Å². The Bertz CT molecular complexity index is 535. The Labute approximate surface area is 117 Å². The molecule has 0 radical (unpaired) electrons. The van der Waals surface area contributed by atoms with Crippen molar-refractivity contribution in [3.63, 3.8) is 0 Å². The highest BCUT2D eigenvalue weighted by molar-refractivity contribution is 5.89. The van der Waals surface area contributed by atoms with E-state index >= 15 is 0 Å². The molecule has 20 heavy (non-hydrogen) atoms. The molecule has 0 aliphatic carbocycles. The molecule has 0 bridgehead atoms. The van der Waals surface area contributed by atoms with E-state index in [4.69, 9.17) is 10.4 Å². The number of aliphatic carboxylic acids is 1. The molecule has 6 heteroatoms. The summed E-state index contributed by atoms with van der Waals surface area (Å²) in [5.74, 6) is -0.949. The molecule has 2 N–H and O–H groups in total. The summed E-state index contributed by atoms with van der Waals surface area (Å²) in [5, 5.41) is 20.2. The van der Waals surface area contributed by atoms with Crippen molar-refractivity contribution in [3.05, 3.63) is 29.8 Å². The van der Waals surface area contributed by atoms with Gasteiger partial charge in [0.1, 0.15) is 0 Å². The van der Waals surface area contributed by atoms with Crippen LogP contribution in [0.2, 0.25) is 0 Å². The first-order chi connectivity index (χ1) is 9.43. The van der Waals surface area contributed by atoms with Crippen molar-refractivity contribution in [3.8, 4) is 6.07 Å². The topological polar surface area (TPSA) is 93.4 Å². The van der Waals surface area contributed by atoms with Crippen molar-refractivity contribution >= 4 is 17.7 Å². The molecule has 0 spiro atoms. The van der Waals surface area contributed by atoms with Crippen LogP contribution in [0.15, 0.2) is 24.3 Å². The molecule has 0 aliphatic heterocycles. The fourth-order valence-corrected chi connectivity index (χ4v) is 1.67. The monoisotopic (exact) mass is 275 g/mol. The average molecular weight is 275 g/mol. The van der Waals surface area contributed by atoms with Gasteiger partial charge in [-0.05, 0) is 32.0 Å². The van der Waals surface area contributed by atoms with Crippen LogP contribution in [0.4, 0.5) is 10.5 Å². The molecule has 0 saturated heterocycles. The van der Waals surface area contributed by atoms with E-state index < -0.39 is 5.97 Å². The zero-order valence-corrected chi connectivity index (χ0v) is 11.5. The van der Waals surface area contributed by atoms with Crippen LogP contribution < -0.4 is 5.32 Å². The van der Waals surface area contributed by atoms with Crippen molar-refractivity contribution < 1.29 is 14.7 Å². The number of anilines is 1. The largest absolute Gasteiger partial charge is 0.481 e. The SMILES string of the molecule is CC(C)N(CCC(=O)O)C(=O)Nc1cccc(C#N)c1. The predicted octanol–water partition coefficient (Wildman–Crippen LogP) is 2.28. The number of carboxylic acids is 1. The summed E-state index contributed by atoms with van der Waals surface area (Å²) in [4.78, 5) is 24.1. The van der Waals surface area contributed by atoms with E-state index in [1.54, 1.807) is 24.3 Å². The fraction of sp³-hybridized carbons (Fsp3) is 0.357. The Morgan fingerprint density at radius 1 is 1.45 bits per heavy atom. The molecule has 0 fully saturated rings. The smallest absolute Gasteiger partial charge is 0.322 e. The molecule has 0 atom stereocenters. The first kappa shape index (κ1) is 15.5. The Balaban J connectivity index is 2.75. The number of nitrogens with one attached hydrogen (secondary N) is 1. The van der Waals surface area contributed by atoms with Crippen LogP contribution in [0, 0.1) is 11.3 Å². The van der Waals surface area contributed by atoms with Gasteiger partial charge in [-0.25, -0.2) is 4.79 Å². The quantitative estimate of drug-likeness (QED) is 0.862. The minimum atomic E-state index is -0.949. The molecule has 2 amide bonds. The van der Waals surface area contributed by atoms with Gasteiger partial charge in [0.05, 0.1) is 18.1 Å². The van der Waals surface area contributed by atoms with Crippen LogP contribution in [0.5, 0.6) is 0 Å². The van der Waals surface area contributed by atoms with E-state index in [1.807, 2.05) is 19.9 Å². The van der Waals surface area contributed by atoms with Gasteiger partial charge in [-0.15, -0.1) is 0 Å². The maximum atomic E-state index is 12.1. The summed E-state index contributed by atoms with van der Waals surface area (Å²) < 4.78 is 0. The summed E-state index contributed by atoms with van der Waals surface area (Å²) in [5.41, 5.74) is 0.958. The number of carbonyl (C=O) groups excluding carboxylic acids is 1. The predicted molar refractivity (Wildman–Crippen MR) is 74.3 cm³/mol. The van der Waals surface area contributed by atoms with E-state index in [1.165, 1.54) is 4.90 Å². The number of nitriles is 1. The van der Waals surface area contributed by atoms with Gasteiger partial charge in [0.15, 0.2) is 0 Å². The Hall–Kier alpha value is -2.55. The van der Waals surface area contributed by atoms with Gasteiger partial charge in [0.25, 0.3) is 0 Å². The number of benzene rings is 1. The summed E-state index contributed by atoms with van der Waals surface area (Å²) in [6.45, 7) is 3.76. The van der Waals surface area contributed by atoms with E-state index in [0.717, 1.165) is 0 Å². The summed E-state index contributed by atoms with van der Waals surface area (Å²) in [6, 6.07) is 8.04. The minimum absolute atomic E-state index is 0.107. The molecule has 106 valence electrons. The lowest BCUT2D eigenvalue weighted by molar-refractivity contribution is -0.137.